The summed E-state index contributed by atoms with van der Waals surface area (Å²) in [6.45, 7) is 1.02. The van der Waals surface area contributed by atoms with E-state index in [1.165, 1.54) is 56.1 Å². The van der Waals surface area contributed by atoms with Crippen molar-refractivity contribution in [3.8, 4) is 5.75 Å². The molecule has 2 bridgehead atoms. The van der Waals surface area contributed by atoms with Gasteiger partial charge in [-0.25, -0.2) is 4.79 Å². The third-order valence-corrected chi connectivity index (χ3v) is 8.09. The molecule has 3 aliphatic carbocycles. The van der Waals surface area contributed by atoms with Gasteiger partial charge in [0, 0.05) is 11.5 Å². The summed E-state index contributed by atoms with van der Waals surface area (Å²) in [7, 11) is 0. The summed E-state index contributed by atoms with van der Waals surface area (Å²) < 4.78 is 16.5. The number of hydrogen-bond donors (Lipinski definition) is 1. The van der Waals surface area contributed by atoms with Gasteiger partial charge in [0.05, 0.1) is 0 Å². The lowest BCUT2D eigenvalue weighted by Gasteiger charge is -2.56. The van der Waals surface area contributed by atoms with Gasteiger partial charge in [-0.2, -0.15) is 0 Å². The van der Waals surface area contributed by atoms with Gasteiger partial charge in [-0.05, 0) is 87.1 Å². The first-order valence-electron chi connectivity index (χ1n) is 12.1. The second-order valence-corrected chi connectivity index (χ2v) is 9.73. The number of rotatable bonds is 4. The molecule has 1 aliphatic heterocycles. The van der Waals surface area contributed by atoms with Gasteiger partial charge in [-0.3, -0.25) is 0 Å². The van der Waals surface area contributed by atoms with E-state index < -0.39 is 6.16 Å². The Labute approximate surface area is 179 Å². The highest BCUT2D eigenvalue weighted by molar-refractivity contribution is 5.60. The smallest absolute Gasteiger partial charge is 0.457 e. The van der Waals surface area contributed by atoms with E-state index in [2.05, 4.69) is 17.4 Å². The quantitative estimate of drug-likeness (QED) is 0.415. The zero-order valence-corrected chi connectivity index (χ0v) is 18.0. The molecule has 1 N–H and O–H groups in total. The summed E-state index contributed by atoms with van der Waals surface area (Å²) in [5, 5.41) is 3.78. The lowest BCUT2D eigenvalue weighted by Crippen LogP contribution is -2.59. The number of carbonyl (C=O) groups excluding carboxylic acids is 1. The van der Waals surface area contributed by atoms with Gasteiger partial charge in [-0.15, -0.1) is 0 Å². The van der Waals surface area contributed by atoms with Gasteiger partial charge in [0.15, 0.2) is 0 Å². The van der Waals surface area contributed by atoms with Gasteiger partial charge >= 0.3 is 6.16 Å². The first-order valence-corrected chi connectivity index (χ1v) is 12.1. The van der Waals surface area contributed by atoms with Crippen LogP contribution in [0.25, 0.3) is 0 Å². The first kappa shape index (κ1) is 20.2. The molecule has 0 spiro atoms. The molecular formula is C25H35NO4. The Morgan fingerprint density at radius 3 is 2.73 bits per heavy atom. The number of hydrogen-bond acceptors (Lipinski definition) is 5. The highest BCUT2D eigenvalue weighted by Gasteiger charge is 2.51. The zero-order chi connectivity index (χ0) is 20.4. The normalized spacial score (nSPS) is 31.1. The van der Waals surface area contributed by atoms with Crippen LogP contribution < -0.4 is 10.1 Å². The molecule has 0 aromatic heterocycles. The van der Waals surface area contributed by atoms with E-state index in [1.54, 1.807) is 0 Å². The van der Waals surface area contributed by atoms with Crippen molar-refractivity contribution in [3.05, 3.63) is 29.3 Å². The first-order chi connectivity index (χ1) is 14.7. The minimum absolute atomic E-state index is 0.000985. The Bertz CT molecular complexity index is 754. The fourth-order valence-electron chi connectivity index (χ4n) is 6.67. The van der Waals surface area contributed by atoms with E-state index in [4.69, 9.17) is 14.2 Å². The van der Waals surface area contributed by atoms with Crippen LogP contribution in [0, 0.1) is 5.92 Å². The topological polar surface area (TPSA) is 56.8 Å². The number of carbonyl (C=O) groups is 1. The zero-order valence-electron chi connectivity index (χ0n) is 18.0. The van der Waals surface area contributed by atoms with Crippen molar-refractivity contribution < 1.29 is 19.0 Å². The summed E-state index contributed by atoms with van der Waals surface area (Å²) in [4.78, 5) is 12.0. The van der Waals surface area contributed by atoms with Crippen LogP contribution in [0.2, 0.25) is 0 Å². The summed E-state index contributed by atoms with van der Waals surface area (Å²) >= 11 is 0. The molecule has 1 heterocycles. The Hall–Kier alpha value is -1.75. The van der Waals surface area contributed by atoms with E-state index >= 15 is 0 Å². The number of piperidine rings is 1. The average Bonchev–Trinajstić information content (AvgIpc) is 3.03. The van der Waals surface area contributed by atoms with Gasteiger partial charge in [0.1, 0.15) is 11.9 Å². The fourth-order valence-corrected chi connectivity index (χ4v) is 6.67. The Morgan fingerprint density at radius 2 is 1.87 bits per heavy atom. The van der Waals surface area contributed by atoms with Crippen molar-refractivity contribution in [2.24, 2.45) is 5.92 Å². The molecule has 5 heteroatoms. The molecule has 3 fully saturated rings. The van der Waals surface area contributed by atoms with Crippen LogP contribution in [0.3, 0.4) is 0 Å². The molecule has 0 unspecified atom stereocenters. The van der Waals surface area contributed by atoms with E-state index in [-0.39, 0.29) is 12.9 Å². The molecule has 1 saturated heterocycles. The standard InChI is InChI=1S/C25H35NO4/c27-24(30-19-7-3-1-2-4-8-19)29-17-28-20-11-10-18-15-23-21-9-5-6-12-25(21,13-14-26-23)22(18)16-20/h10-11,16,19,21,23,26H,1-9,12-15,17H2/t21-,23-,25+/m1/s1. The molecule has 1 aromatic carbocycles. The summed E-state index contributed by atoms with van der Waals surface area (Å²) in [6, 6.07) is 7.10. The van der Waals surface area contributed by atoms with Gasteiger partial charge in [0.25, 0.3) is 0 Å². The Kier molecular flexibility index (Phi) is 5.90. The van der Waals surface area contributed by atoms with Crippen molar-refractivity contribution in [1.29, 1.82) is 0 Å². The summed E-state index contributed by atoms with van der Waals surface area (Å²) in [5.41, 5.74) is 3.26. The van der Waals surface area contributed by atoms with Crippen molar-refractivity contribution in [3.63, 3.8) is 0 Å². The highest BCUT2D eigenvalue weighted by atomic mass is 16.8. The molecule has 0 amide bonds. The molecule has 2 saturated carbocycles. The second-order valence-electron chi connectivity index (χ2n) is 9.73. The van der Waals surface area contributed by atoms with Crippen LogP contribution in [0.15, 0.2) is 18.2 Å². The number of benzene rings is 1. The van der Waals surface area contributed by atoms with E-state index in [0.29, 0.717) is 11.5 Å². The molecule has 164 valence electrons. The van der Waals surface area contributed by atoms with E-state index in [9.17, 15) is 4.79 Å². The van der Waals surface area contributed by atoms with Crippen molar-refractivity contribution in [1.82, 2.24) is 5.32 Å². The van der Waals surface area contributed by atoms with Gasteiger partial charge in [-0.1, -0.05) is 31.7 Å². The average molecular weight is 414 g/mol. The maximum atomic E-state index is 12.0. The molecule has 1 aromatic rings. The fraction of sp³-hybridized carbons (Fsp3) is 0.720. The Balaban J connectivity index is 1.21. The molecule has 3 atom stereocenters. The largest absolute Gasteiger partial charge is 0.511 e. The monoisotopic (exact) mass is 413 g/mol. The van der Waals surface area contributed by atoms with Crippen molar-refractivity contribution >= 4 is 6.16 Å². The maximum Gasteiger partial charge on any atom is 0.511 e. The summed E-state index contributed by atoms with van der Waals surface area (Å²) in [5.74, 6) is 1.54. The molecule has 30 heavy (non-hydrogen) atoms. The molecule has 4 aliphatic rings. The van der Waals surface area contributed by atoms with Crippen LogP contribution in [0.5, 0.6) is 5.75 Å². The minimum atomic E-state index is -0.605. The summed E-state index contributed by atoms with van der Waals surface area (Å²) in [6.07, 6.45) is 13.6. The predicted molar refractivity (Wildman–Crippen MR) is 115 cm³/mol. The SMILES string of the molecule is O=C(OCOc1ccc2c(c1)[C@]13CCCC[C@@H]1[C@@H](C2)NCC3)OC1CCCCCC1. The lowest BCUT2D eigenvalue weighted by atomic mass is 9.53. The Morgan fingerprint density at radius 1 is 1.03 bits per heavy atom. The molecule has 0 radical (unpaired) electrons. The van der Waals surface area contributed by atoms with Gasteiger partial charge < -0.3 is 19.5 Å². The predicted octanol–water partition coefficient (Wildman–Crippen LogP) is 5.24. The molecule has 5 nitrogen and oxygen atoms in total. The lowest BCUT2D eigenvalue weighted by molar-refractivity contribution is -0.0182. The second kappa shape index (κ2) is 8.78. The third kappa shape index (κ3) is 3.93. The van der Waals surface area contributed by atoms with Crippen LogP contribution in [0.1, 0.15) is 81.8 Å². The van der Waals surface area contributed by atoms with Crippen LogP contribution in [-0.4, -0.2) is 31.6 Å². The van der Waals surface area contributed by atoms with E-state index in [1.807, 2.05) is 6.07 Å². The molecule has 5 rings (SSSR count). The third-order valence-electron chi connectivity index (χ3n) is 8.09. The van der Waals surface area contributed by atoms with E-state index in [0.717, 1.165) is 50.3 Å². The number of fused-ring (bicyclic) bond motifs is 1. The maximum absolute atomic E-state index is 12.0. The van der Waals surface area contributed by atoms with Crippen LogP contribution in [0.4, 0.5) is 4.79 Å². The van der Waals surface area contributed by atoms with Crippen LogP contribution in [-0.2, 0) is 21.3 Å². The number of ether oxygens (including phenoxy) is 3. The molecular weight excluding hydrogens is 378 g/mol. The van der Waals surface area contributed by atoms with Crippen molar-refractivity contribution in [2.75, 3.05) is 13.3 Å². The van der Waals surface area contributed by atoms with Crippen LogP contribution >= 0.6 is 0 Å². The highest BCUT2D eigenvalue weighted by Crippen LogP contribution is 2.54. The van der Waals surface area contributed by atoms with Crippen molar-refractivity contribution in [2.45, 2.75) is 94.6 Å². The number of nitrogens with one attached hydrogen (secondary N) is 1. The van der Waals surface area contributed by atoms with Gasteiger partial charge in [0.2, 0.25) is 6.79 Å². The minimum Gasteiger partial charge on any atom is -0.457 e.